The highest BCUT2D eigenvalue weighted by atomic mass is 35.5. The molecule has 22 heavy (non-hydrogen) atoms. The highest BCUT2D eigenvalue weighted by molar-refractivity contribution is 6.34. The summed E-state index contributed by atoms with van der Waals surface area (Å²) in [5.41, 5.74) is -0.473. The zero-order chi connectivity index (χ0) is 16.9. The Balaban J connectivity index is 3.22. The fourth-order valence-corrected chi connectivity index (χ4v) is 1.78. The number of nitrogens with two attached hydrogens (primary N) is 2. The highest BCUT2D eigenvalue weighted by Crippen LogP contribution is 2.17. The Kier molecular flexibility index (Phi) is 6.28. The molecule has 0 unspecified atom stereocenters. The normalized spacial score (nSPS) is 11.4. The van der Waals surface area contributed by atoms with E-state index in [4.69, 9.17) is 28.0 Å². The summed E-state index contributed by atoms with van der Waals surface area (Å²) in [6, 6.07) is 0. The van der Waals surface area contributed by atoms with Crippen molar-refractivity contribution in [2.24, 2.45) is 23.8 Å². The van der Waals surface area contributed by atoms with Gasteiger partial charge in [-0.2, -0.15) is 5.10 Å². The van der Waals surface area contributed by atoms with Crippen LogP contribution in [0.4, 0.5) is 0 Å². The molecule has 0 saturated heterocycles. The number of hydrazine groups is 1. The van der Waals surface area contributed by atoms with Crippen molar-refractivity contribution in [2.45, 2.75) is 13.5 Å². The number of rotatable bonds is 4. The number of hydrogen-bond acceptors (Lipinski definition) is 7. The summed E-state index contributed by atoms with van der Waals surface area (Å²) in [5, 5.41) is 10.4. The van der Waals surface area contributed by atoms with Gasteiger partial charge in [-0.15, -0.1) is 5.10 Å². The number of halogens is 1. The summed E-state index contributed by atoms with van der Waals surface area (Å²) >= 11 is 6.09. The quantitative estimate of drug-likeness (QED) is 0.270. The predicted molar refractivity (Wildman–Crippen MR) is 80.9 cm³/mol. The van der Waals surface area contributed by atoms with Gasteiger partial charge in [0.15, 0.2) is 5.69 Å². The second-order valence-corrected chi connectivity index (χ2v) is 4.60. The second kappa shape index (κ2) is 7.73. The van der Waals surface area contributed by atoms with Crippen LogP contribution in [-0.2, 0) is 18.4 Å². The third kappa shape index (κ3) is 3.93. The van der Waals surface area contributed by atoms with Crippen LogP contribution in [0.1, 0.15) is 23.0 Å². The third-order valence-corrected chi connectivity index (χ3v) is 3.03. The average Bonchev–Trinajstić information content (AvgIpc) is 2.47. The summed E-state index contributed by atoms with van der Waals surface area (Å²) < 4.78 is 6.18. The van der Waals surface area contributed by atoms with E-state index in [1.165, 1.54) is 14.1 Å². The number of nitrogens with one attached hydrogen (secondary N) is 1. The Morgan fingerprint density at radius 1 is 1.59 bits per heavy atom. The van der Waals surface area contributed by atoms with Crippen molar-refractivity contribution in [3.05, 3.63) is 26.6 Å². The molecule has 0 radical (unpaired) electrons. The van der Waals surface area contributed by atoms with Crippen LogP contribution in [0.5, 0.6) is 0 Å². The van der Waals surface area contributed by atoms with Gasteiger partial charge < -0.3 is 10.6 Å². The monoisotopic (exact) mass is 331 g/mol. The molecule has 1 heterocycles. The number of aromatic nitrogens is 2. The maximum atomic E-state index is 12.2. The summed E-state index contributed by atoms with van der Waals surface area (Å²) in [6.07, 6.45) is 0. The molecule has 0 spiro atoms. The molecular weight excluding hydrogens is 314 g/mol. The minimum absolute atomic E-state index is 0.0283. The number of hydrogen-bond donors (Lipinski definition) is 3. The Morgan fingerprint density at radius 3 is 2.73 bits per heavy atom. The lowest BCUT2D eigenvalue weighted by atomic mass is 10.2. The number of hydrazone groups is 1. The smallest absolute Gasteiger partial charge is 0.280 e. The Labute approximate surface area is 131 Å². The van der Waals surface area contributed by atoms with Crippen molar-refractivity contribution < 1.29 is 9.53 Å². The standard InChI is InChI=1S/C11H18ClN7O3/c1-4-22-5-6-7(12)8(17-19(3)10(6)21)9(20)15-11(16-13)18(2)14/h4-5,13-14H2,1-3H3,(H,15,16,20). The first kappa shape index (κ1) is 17.9. The van der Waals surface area contributed by atoms with Gasteiger partial charge in [0.1, 0.15) is 0 Å². The van der Waals surface area contributed by atoms with Crippen molar-refractivity contribution in [3.8, 4) is 0 Å². The van der Waals surface area contributed by atoms with Gasteiger partial charge in [-0.25, -0.2) is 10.5 Å². The van der Waals surface area contributed by atoms with Gasteiger partial charge in [0, 0.05) is 20.7 Å². The van der Waals surface area contributed by atoms with Gasteiger partial charge in [-0.1, -0.05) is 11.6 Å². The maximum absolute atomic E-state index is 12.2. The molecule has 0 aliphatic heterocycles. The number of guanidine groups is 1. The van der Waals surface area contributed by atoms with E-state index >= 15 is 0 Å². The molecule has 122 valence electrons. The lowest BCUT2D eigenvalue weighted by Gasteiger charge is -2.15. The van der Waals surface area contributed by atoms with Crippen LogP contribution in [0.15, 0.2) is 9.90 Å². The molecule has 10 nitrogen and oxygen atoms in total. The zero-order valence-electron chi connectivity index (χ0n) is 12.5. The van der Waals surface area contributed by atoms with Crippen LogP contribution in [-0.4, -0.2) is 40.3 Å². The minimum Gasteiger partial charge on any atom is -0.377 e. The molecule has 11 heteroatoms. The molecule has 0 aliphatic rings. The molecular formula is C11H18ClN7O3. The summed E-state index contributed by atoms with van der Waals surface area (Å²) in [4.78, 5) is 24.2. The molecule has 5 N–H and O–H groups in total. The molecule has 0 aromatic carbocycles. The maximum Gasteiger partial charge on any atom is 0.280 e. The van der Waals surface area contributed by atoms with E-state index in [1.807, 2.05) is 0 Å². The first-order chi connectivity index (χ1) is 10.3. The number of amides is 1. The van der Waals surface area contributed by atoms with Gasteiger partial charge in [0.2, 0.25) is 5.96 Å². The largest absolute Gasteiger partial charge is 0.377 e. The molecule has 0 atom stereocenters. The average molecular weight is 332 g/mol. The van der Waals surface area contributed by atoms with E-state index in [2.05, 4.69) is 15.5 Å². The molecule has 0 fully saturated rings. The van der Waals surface area contributed by atoms with E-state index in [1.54, 1.807) is 6.92 Å². The van der Waals surface area contributed by atoms with Crippen LogP contribution in [0.2, 0.25) is 5.02 Å². The van der Waals surface area contributed by atoms with Gasteiger partial charge in [0.25, 0.3) is 11.5 Å². The van der Waals surface area contributed by atoms with Crippen LogP contribution >= 0.6 is 11.6 Å². The molecule has 1 amide bonds. The number of carbonyl (C=O) groups excluding carboxylic acids is 1. The third-order valence-electron chi connectivity index (χ3n) is 2.62. The SMILES string of the molecule is CCOCc1c(Cl)c(C(=O)N/C(=N/N)N(C)N)nn(C)c1=O. The Morgan fingerprint density at radius 2 is 2.23 bits per heavy atom. The topological polar surface area (TPSA) is 141 Å². The number of ether oxygens (including phenoxy) is 1. The summed E-state index contributed by atoms with van der Waals surface area (Å²) in [5.74, 6) is 9.75. The van der Waals surface area contributed by atoms with E-state index < -0.39 is 11.5 Å². The Bertz CT molecular complexity index is 641. The Hall–Kier alpha value is -2.17. The molecule has 0 aliphatic carbocycles. The van der Waals surface area contributed by atoms with Crippen molar-refractivity contribution in [1.82, 2.24) is 20.1 Å². The van der Waals surface area contributed by atoms with E-state index in [9.17, 15) is 9.59 Å². The van der Waals surface area contributed by atoms with Crippen LogP contribution in [0, 0.1) is 0 Å². The van der Waals surface area contributed by atoms with E-state index in [0.29, 0.717) is 6.61 Å². The van der Waals surface area contributed by atoms with Crippen molar-refractivity contribution >= 4 is 23.5 Å². The van der Waals surface area contributed by atoms with Gasteiger partial charge in [0.05, 0.1) is 17.2 Å². The molecule has 1 rings (SSSR count). The zero-order valence-corrected chi connectivity index (χ0v) is 13.2. The number of carbonyl (C=O) groups is 1. The van der Waals surface area contributed by atoms with Crippen LogP contribution in [0.3, 0.4) is 0 Å². The van der Waals surface area contributed by atoms with Crippen molar-refractivity contribution in [2.75, 3.05) is 13.7 Å². The van der Waals surface area contributed by atoms with Crippen molar-refractivity contribution in [3.63, 3.8) is 0 Å². The van der Waals surface area contributed by atoms with E-state index in [-0.39, 0.29) is 28.8 Å². The second-order valence-electron chi connectivity index (χ2n) is 4.22. The first-order valence-electron chi connectivity index (χ1n) is 6.24. The number of aryl methyl sites for hydroxylation is 1. The summed E-state index contributed by atoms with van der Waals surface area (Å²) in [6.45, 7) is 2.14. The first-order valence-corrected chi connectivity index (χ1v) is 6.62. The number of nitrogens with zero attached hydrogens (tertiary/aromatic N) is 4. The predicted octanol–water partition coefficient (Wildman–Crippen LogP) is -1.26. The fraction of sp³-hybridized carbons (Fsp3) is 0.455. The van der Waals surface area contributed by atoms with E-state index in [0.717, 1.165) is 9.69 Å². The van der Waals surface area contributed by atoms with Gasteiger partial charge in [-0.3, -0.25) is 19.9 Å². The van der Waals surface area contributed by atoms with Crippen LogP contribution < -0.4 is 22.6 Å². The molecule has 1 aromatic heterocycles. The van der Waals surface area contributed by atoms with Crippen molar-refractivity contribution in [1.29, 1.82) is 0 Å². The molecule has 0 saturated carbocycles. The van der Waals surface area contributed by atoms with Gasteiger partial charge >= 0.3 is 0 Å². The minimum atomic E-state index is -0.708. The lowest BCUT2D eigenvalue weighted by Crippen LogP contribution is -2.47. The molecule has 1 aromatic rings. The highest BCUT2D eigenvalue weighted by Gasteiger charge is 2.21. The fourth-order valence-electron chi connectivity index (χ4n) is 1.52. The summed E-state index contributed by atoms with van der Waals surface area (Å²) in [7, 11) is 2.83. The molecule has 0 bridgehead atoms. The van der Waals surface area contributed by atoms with Crippen LogP contribution in [0.25, 0.3) is 0 Å². The van der Waals surface area contributed by atoms with Gasteiger partial charge in [-0.05, 0) is 6.92 Å². The lowest BCUT2D eigenvalue weighted by molar-refractivity contribution is 0.0964.